The zero-order valence-electron chi connectivity index (χ0n) is 9.50. The molecule has 18 heavy (non-hydrogen) atoms. The number of imide groups is 1. The molecule has 7 heteroatoms. The van der Waals surface area contributed by atoms with E-state index in [1.54, 1.807) is 0 Å². The van der Waals surface area contributed by atoms with Gasteiger partial charge in [-0.1, -0.05) is 0 Å². The summed E-state index contributed by atoms with van der Waals surface area (Å²) < 4.78 is 18.6. The Bertz CT molecular complexity index is 521. The highest BCUT2D eigenvalue weighted by molar-refractivity contribution is 9.10. The first-order valence-corrected chi connectivity index (χ1v) is 5.96. The maximum Gasteiger partial charge on any atom is 0.328 e. The largest absolute Gasteiger partial charge is 0.494 e. The van der Waals surface area contributed by atoms with E-state index in [2.05, 4.69) is 21.2 Å². The van der Waals surface area contributed by atoms with Gasteiger partial charge in [-0.15, -0.1) is 0 Å². The molecule has 0 aromatic heterocycles. The molecule has 0 bridgehead atoms. The molecule has 1 saturated heterocycles. The number of nitrogens with one attached hydrogen (secondary N) is 1. The Labute approximate surface area is 111 Å². The highest BCUT2D eigenvalue weighted by atomic mass is 79.9. The summed E-state index contributed by atoms with van der Waals surface area (Å²) in [5, 5.41) is 2.20. The van der Waals surface area contributed by atoms with Gasteiger partial charge in [-0.3, -0.25) is 15.0 Å². The fraction of sp³-hybridized carbons (Fsp3) is 0.273. The molecular formula is C11H10BrFN2O3. The highest BCUT2D eigenvalue weighted by Crippen LogP contribution is 2.34. The van der Waals surface area contributed by atoms with Crippen molar-refractivity contribution in [3.63, 3.8) is 0 Å². The average molecular weight is 317 g/mol. The minimum Gasteiger partial charge on any atom is -0.494 e. The fourth-order valence-corrected chi connectivity index (χ4v) is 2.02. The minimum atomic E-state index is -0.539. The first-order chi connectivity index (χ1) is 8.52. The SMILES string of the molecule is COc1cc(F)c(Br)cc1N1CCC(=O)NC1=O. The van der Waals surface area contributed by atoms with Crippen molar-refractivity contribution in [2.75, 3.05) is 18.6 Å². The lowest BCUT2D eigenvalue weighted by atomic mass is 10.2. The lowest BCUT2D eigenvalue weighted by molar-refractivity contribution is -0.120. The lowest BCUT2D eigenvalue weighted by Gasteiger charge is -2.28. The molecule has 0 saturated carbocycles. The number of methoxy groups -OCH3 is 1. The summed E-state index contributed by atoms with van der Waals surface area (Å²) in [6.07, 6.45) is 0.198. The number of rotatable bonds is 2. The molecule has 5 nitrogen and oxygen atoms in total. The summed E-state index contributed by atoms with van der Waals surface area (Å²) in [6, 6.07) is 2.09. The molecule has 1 aliphatic rings. The lowest BCUT2D eigenvalue weighted by Crippen LogP contribution is -2.49. The number of benzene rings is 1. The van der Waals surface area contributed by atoms with Crippen molar-refractivity contribution < 1.29 is 18.7 Å². The number of amides is 3. The number of carbonyl (C=O) groups excluding carboxylic acids is 2. The van der Waals surface area contributed by atoms with Gasteiger partial charge in [-0.2, -0.15) is 0 Å². The van der Waals surface area contributed by atoms with Gasteiger partial charge in [0, 0.05) is 19.0 Å². The molecular weight excluding hydrogens is 307 g/mol. The predicted molar refractivity (Wildman–Crippen MR) is 66.2 cm³/mol. The van der Waals surface area contributed by atoms with Gasteiger partial charge in [-0.05, 0) is 22.0 Å². The second-order valence-corrected chi connectivity index (χ2v) is 4.55. The van der Waals surface area contributed by atoms with Crippen molar-refractivity contribution in [3.8, 4) is 5.75 Å². The number of nitrogens with zero attached hydrogens (tertiary/aromatic N) is 1. The van der Waals surface area contributed by atoms with Crippen LogP contribution in [0.1, 0.15) is 6.42 Å². The van der Waals surface area contributed by atoms with Gasteiger partial charge in [0.25, 0.3) is 0 Å². The van der Waals surface area contributed by atoms with Crippen LogP contribution in [0.2, 0.25) is 0 Å². The Hall–Kier alpha value is -1.63. The number of hydrogen-bond acceptors (Lipinski definition) is 3. The van der Waals surface area contributed by atoms with Gasteiger partial charge in [0.05, 0.1) is 17.3 Å². The van der Waals surface area contributed by atoms with E-state index in [4.69, 9.17) is 4.74 Å². The summed E-state index contributed by atoms with van der Waals surface area (Å²) in [5.74, 6) is -0.569. The van der Waals surface area contributed by atoms with E-state index >= 15 is 0 Å². The molecule has 1 fully saturated rings. The minimum absolute atomic E-state index is 0.198. The normalized spacial score (nSPS) is 15.6. The van der Waals surface area contributed by atoms with Gasteiger partial charge >= 0.3 is 6.03 Å². The Morgan fingerprint density at radius 3 is 2.78 bits per heavy atom. The van der Waals surface area contributed by atoms with E-state index in [1.807, 2.05) is 0 Å². The summed E-state index contributed by atoms with van der Waals surface area (Å²) in [7, 11) is 1.39. The van der Waals surface area contributed by atoms with Crippen LogP contribution in [-0.4, -0.2) is 25.6 Å². The number of carbonyl (C=O) groups is 2. The molecule has 0 spiro atoms. The van der Waals surface area contributed by atoms with E-state index < -0.39 is 11.8 Å². The smallest absolute Gasteiger partial charge is 0.328 e. The van der Waals surface area contributed by atoms with Crippen LogP contribution in [0.5, 0.6) is 5.75 Å². The van der Waals surface area contributed by atoms with Crippen molar-refractivity contribution in [3.05, 3.63) is 22.4 Å². The summed E-state index contributed by atoms with van der Waals surface area (Å²) in [6.45, 7) is 0.235. The van der Waals surface area contributed by atoms with Gasteiger partial charge in [0.15, 0.2) is 0 Å². The Balaban J connectivity index is 2.41. The molecule has 0 unspecified atom stereocenters. The first kappa shape index (κ1) is 12.8. The second kappa shape index (κ2) is 4.93. The summed E-state index contributed by atoms with van der Waals surface area (Å²) >= 11 is 3.05. The van der Waals surface area contributed by atoms with Crippen molar-refractivity contribution in [2.45, 2.75) is 6.42 Å². The second-order valence-electron chi connectivity index (χ2n) is 3.69. The molecule has 2 rings (SSSR count). The molecule has 1 heterocycles. The van der Waals surface area contributed by atoms with E-state index in [1.165, 1.54) is 24.1 Å². The van der Waals surface area contributed by atoms with Gasteiger partial charge in [0.1, 0.15) is 11.6 Å². The van der Waals surface area contributed by atoms with Crippen molar-refractivity contribution in [1.29, 1.82) is 0 Å². The summed E-state index contributed by atoms with van der Waals surface area (Å²) in [4.78, 5) is 24.1. The quantitative estimate of drug-likeness (QED) is 0.908. The predicted octanol–water partition coefficient (Wildman–Crippen LogP) is 2.04. The van der Waals surface area contributed by atoms with Crippen LogP contribution in [0.25, 0.3) is 0 Å². The number of urea groups is 1. The topological polar surface area (TPSA) is 58.6 Å². The zero-order valence-corrected chi connectivity index (χ0v) is 11.1. The van der Waals surface area contributed by atoms with Gasteiger partial charge in [-0.25, -0.2) is 9.18 Å². The highest BCUT2D eigenvalue weighted by Gasteiger charge is 2.27. The maximum absolute atomic E-state index is 13.4. The van der Waals surface area contributed by atoms with E-state index in [0.717, 1.165) is 0 Å². The Morgan fingerprint density at radius 1 is 1.44 bits per heavy atom. The third kappa shape index (κ3) is 2.31. The average Bonchev–Trinajstić information content (AvgIpc) is 2.32. The monoisotopic (exact) mass is 316 g/mol. The van der Waals surface area contributed by atoms with Gasteiger partial charge < -0.3 is 4.74 Å². The van der Waals surface area contributed by atoms with Crippen LogP contribution in [0.15, 0.2) is 16.6 Å². The van der Waals surface area contributed by atoms with Crippen LogP contribution in [-0.2, 0) is 4.79 Å². The molecule has 0 radical (unpaired) electrons. The van der Waals surface area contributed by atoms with E-state index in [-0.39, 0.29) is 29.1 Å². The zero-order chi connectivity index (χ0) is 13.3. The molecule has 1 aromatic carbocycles. The maximum atomic E-state index is 13.4. The van der Waals surface area contributed by atoms with Crippen LogP contribution < -0.4 is 15.0 Å². The Morgan fingerprint density at radius 2 is 2.17 bits per heavy atom. The fourth-order valence-electron chi connectivity index (χ4n) is 1.69. The molecule has 3 amide bonds. The molecule has 1 aliphatic heterocycles. The third-order valence-electron chi connectivity index (χ3n) is 2.57. The number of anilines is 1. The van der Waals surface area contributed by atoms with Crippen LogP contribution >= 0.6 is 15.9 Å². The molecule has 0 aliphatic carbocycles. The number of hydrogen-bond donors (Lipinski definition) is 1. The van der Waals surface area contributed by atoms with E-state index in [9.17, 15) is 14.0 Å². The van der Waals surface area contributed by atoms with Crippen LogP contribution in [0.4, 0.5) is 14.9 Å². The summed E-state index contributed by atoms with van der Waals surface area (Å²) in [5.41, 5.74) is 0.413. The molecule has 1 aromatic rings. The molecule has 0 atom stereocenters. The first-order valence-electron chi connectivity index (χ1n) is 5.17. The third-order valence-corrected chi connectivity index (χ3v) is 3.17. The molecule has 96 valence electrons. The van der Waals surface area contributed by atoms with E-state index in [0.29, 0.717) is 5.69 Å². The standard InChI is InChI=1S/C11H10BrFN2O3/c1-18-9-5-7(13)6(12)4-8(9)15-3-2-10(16)14-11(15)17/h4-5H,2-3H2,1H3,(H,14,16,17). The van der Waals surface area contributed by atoms with Crippen molar-refractivity contribution >= 4 is 33.6 Å². The Kier molecular flexibility index (Phi) is 3.51. The van der Waals surface area contributed by atoms with Crippen LogP contribution in [0.3, 0.4) is 0 Å². The molecule has 1 N–H and O–H groups in total. The van der Waals surface area contributed by atoms with Crippen molar-refractivity contribution in [1.82, 2.24) is 5.32 Å². The van der Waals surface area contributed by atoms with Crippen LogP contribution in [0, 0.1) is 5.82 Å². The van der Waals surface area contributed by atoms with Crippen molar-refractivity contribution in [2.24, 2.45) is 0 Å². The van der Waals surface area contributed by atoms with Gasteiger partial charge in [0.2, 0.25) is 5.91 Å². The number of ether oxygens (including phenoxy) is 1. The number of halogens is 2.